The Morgan fingerprint density at radius 2 is 1.83 bits per heavy atom. The van der Waals surface area contributed by atoms with Gasteiger partial charge in [0.05, 0.1) is 0 Å². The van der Waals surface area contributed by atoms with Gasteiger partial charge in [0.1, 0.15) is 5.69 Å². The molecule has 0 unspecified atom stereocenters. The number of aromatic nitrogens is 1. The molecule has 0 saturated heterocycles. The molecule has 0 aliphatic heterocycles. The van der Waals surface area contributed by atoms with E-state index in [4.69, 9.17) is 0 Å². The van der Waals surface area contributed by atoms with Crippen molar-refractivity contribution in [3.8, 4) is 0 Å². The zero-order valence-electron chi connectivity index (χ0n) is 14.9. The number of amides is 2. The molecule has 1 fully saturated rings. The molecule has 1 aliphatic rings. The van der Waals surface area contributed by atoms with Crippen molar-refractivity contribution in [1.29, 1.82) is 0 Å². The van der Waals surface area contributed by atoms with Crippen molar-refractivity contribution in [1.82, 2.24) is 15.2 Å². The molecule has 2 rings (SSSR count). The minimum absolute atomic E-state index is 0.0205. The van der Waals surface area contributed by atoms with Crippen molar-refractivity contribution in [2.24, 2.45) is 0 Å². The van der Waals surface area contributed by atoms with Crippen LogP contribution in [0.1, 0.15) is 79.6 Å². The van der Waals surface area contributed by atoms with Gasteiger partial charge in [-0.3, -0.25) is 14.6 Å². The van der Waals surface area contributed by atoms with Crippen LogP contribution in [0.4, 0.5) is 0 Å². The summed E-state index contributed by atoms with van der Waals surface area (Å²) in [5.74, 6) is -0.193. The normalized spacial score (nSPS) is 15.1. The highest BCUT2D eigenvalue weighted by molar-refractivity contribution is 5.98. The maximum atomic E-state index is 12.7. The molecule has 1 aromatic heterocycles. The quantitative estimate of drug-likeness (QED) is 0.833. The lowest BCUT2D eigenvalue weighted by molar-refractivity contribution is 0.0755. The van der Waals surface area contributed by atoms with E-state index in [1.165, 1.54) is 19.3 Å². The maximum Gasteiger partial charge on any atom is 0.270 e. The summed E-state index contributed by atoms with van der Waals surface area (Å²) in [4.78, 5) is 31.1. The van der Waals surface area contributed by atoms with Crippen LogP contribution in [0.15, 0.2) is 18.3 Å². The Hall–Kier alpha value is -1.91. The fraction of sp³-hybridized carbons (Fsp3) is 0.632. The first-order valence-corrected chi connectivity index (χ1v) is 9.21. The Morgan fingerprint density at radius 3 is 2.46 bits per heavy atom. The van der Waals surface area contributed by atoms with E-state index in [2.05, 4.69) is 24.1 Å². The van der Waals surface area contributed by atoms with Crippen LogP contribution >= 0.6 is 0 Å². The number of pyridine rings is 1. The van der Waals surface area contributed by atoms with Crippen LogP contribution in [-0.4, -0.2) is 40.8 Å². The van der Waals surface area contributed by atoms with Gasteiger partial charge in [-0.1, -0.05) is 33.1 Å². The average molecular weight is 331 g/mol. The van der Waals surface area contributed by atoms with Crippen LogP contribution in [0.5, 0.6) is 0 Å². The van der Waals surface area contributed by atoms with E-state index in [1.807, 2.05) is 4.90 Å². The van der Waals surface area contributed by atoms with Crippen LogP contribution in [0.3, 0.4) is 0 Å². The van der Waals surface area contributed by atoms with Gasteiger partial charge in [0, 0.05) is 30.9 Å². The largest absolute Gasteiger partial charge is 0.348 e. The lowest BCUT2D eigenvalue weighted by Gasteiger charge is -2.23. The number of carbonyl (C=O) groups excluding carboxylic acids is 2. The van der Waals surface area contributed by atoms with Crippen molar-refractivity contribution in [2.45, 2.75) is 64.8 Å². The highest BCUT2D eigenvalue weighted by Gasteiger charge is 2.20. The van der Waals surface area contributed by atoms with Gasteiger partial charge in [-0.2, -0.15) is 0 Å². The van der Waals surface area contributed by atoms with Crippen LogP contribution in [0.2, 0.25) is 0 Å². The van der Waals surface area contributed by atoms with Gasteiger partial charge >= 0.3 is 0 Å². The molecule has 5 nitrogen and oxygen atoms in total. The number of carbonyl (C=O) groups is 2. The van der Waals surface area contributed by atoms with E-state index in [0.717, 1.165) is 38.8 Å². The minimum Gasteiger partial charge on any atom is -0.348 e. The standard InChI is InChI=1S/C19H29N3O2/c1-3-12-22(13-4-2)19(24)15-10-11-20-17(14-15)18(23)21-16-8-6-5-7-9-16/h10-11,14,16H,3-9,12-13H2,1-2H3,(H,21,23). The van der Waals surface area contributed by atoms with E-state index in [0.29, 0.717) is 11.3 Å². The maximum absolute atomic E-state index is 12.7. The van der Waals surface area contributed by atoms with Crippen LogP contribution in [0.25, 0.3) is 0 Å². The number of rotatable bonds is 7. The Balaban J connectivity index is 2.06. The molecule has 0 spiro atoms. The molecule has 1 saturated carbocycles. The van der Waals surface area contributed by atoms with E-state index in [9.17, 15) is 9.59 Å². The molecule has 1 aliphatic carbocycles. The Labute approximate surface area is 144 Å². The fourth-order valence-electron chi connectivity index (χ4n) is 3.23. The lowest BCUT2D eigenvalue weighted by Crippen LogP contribution is -2.37. The van der Waals surface area contributed by atoms with E-state index < -0.39 is 0 Å². The van der Waals surface area contributed by atoms with Crippen molar-refractivity contribution < 1.29 is 9.59 Å². The molecule has 24 heavy (non-hydrogen) atoms. The van der Waals surface area contributed by atoms with Gasteiger partial charge in [0.15, 0.2) is 0 Å². The number of nitrogens with zero attached hydrogens (tertiary/aromatic N) is 2. The predicted octanol–water partition coefficient (Wildman–Crippen LogP) is 3.41. The SMILES string of the molecule is CCCN(CCC)C(=O)c1ccnc(C(=O)NC2CCCCC2)c1. The summed E-state index contributed by atoms with van der Waals surface area (Å²) in [6, 6.07) is 3.56. The van der Waals surface area contributed by atoms with Crippen LogP contribution < -0.4 is 5.32 Å². The zero-order valence-corrected chi connectivity index (χ0v) is 14.9. The van der Waals surface area contributed by atoms with Crippen molar-refractivity contribution in [2.75, 3.05) is 13.1 Å². The van der Waals surface area contributed by atoms with E-state index >= 15 is 0 Å². The zero-order chi connectivity index (χ0) is 17.4. The lowest BCUT2D eigenvalue weighted by atomic mass is 9.95. The van der Waals surface area contributed by atoms with E-state index in [1.54, 1.807) is 18.3 Å². The Kier molecular flexibility index (Phi) is 7.22. The summed E-state index contributed by atoms with van der Waals surface area (Å²) in [5, 5.41) is 3.05. The molecule has 0 radical (unpaired) electrons. The van der Waals surface area contributed by atoms with Gasteiger partial charge in [0.25, 0.3) is 11.8 Å². The molecule has 0 bridgehead atoms. The summed E-state index contributed by atoms with van der Waals surface area (Å²) >= 11 is 0. The molecule has 0 aromatic carbocycles. The third kappa shape index (κ3) is 5.05. The van der Waals surface area contributed by atoms with Crippen LogP contribution in [0, 0.1) is 0 Å². The Bertz CT molecular complexity index is 547. The number of hydrogen-bond donors (Lipinski definition) is 1. The van der Waals surface area contributed by atoms with Gasteiger partial charge in [0.2, 0.25) is 0 Å². The van der Waals surface area contributed by atoms with Crippen molar-refractivity contribution in [3.63, 3.8) is 0 Å². The molecule has 2 amide bonds. The molecule has 1 aromatic rings. The topological polar surface area (TPSA) is 62.3 Å². The summed E-state index contributed by atoms with van der Waals surface area (Å²) in [6.07, 6.45) is 9.05. The second kappa shape index (κ2) is 9.40. The van der Waals surface area contributed by atoms with Gasteiger partial charge in [-0.15, -0.1) is 0 Å². The number of nitrogens with one attached hydrogen (secondary N) is 1. The molecular weight excluding hydrogens is 302 g/mol. The second-order valence-corrected chi connectivity index (χ2v) is 6.53. The predicted molar refractivity (Wildman–Crippen MR) is 95.1 cm³/mol. The molecule has 0 atom stereocenters. The molecule has 132 valence electrons. The fourth-order valence-corrected chi connectivity index (χ4v) is 3.23. The smallest absolute Gasteiger partial charge is 0.270 e. The molecule has 1 N–H and O–H groups in total. The molecule has 5 heteroatoms. The van der Waals surface area contributed by atoms with Gasteiger partial charge in [-0.05, 0) is 37.8 Å². The van der Waals surface area contributed by atoms with Gasteiger partial charge in [-0.25, -0.2) is 0 Å². The third-order valence-electron chi connectivity index (χ3n) is 4.45. The summed E-state index contributed by atoms with van der Waals surface area (Å²) < 4.78 is 0. The first kappa shape index (κ1) is 18.4. The molecule has 1 heterocycles. The highest BCUT2D eigenvalue weighted by atomic mass is 16.2. The molecular formula is C19H29N3O2. The summed E-state index contributed by atoms with van der Waals surface area (Å²) in [6.45, 7) is 5.59. The first-order chi connectivity index (χ1) is 11.7. The van der Waals surface area contributed by atoms with E-state index in [-0.39, 0.29) is 17.9 Å². The monoisotopic (exact) mass is 331 g/mol. The first-order valence-electron chi connectivity index (χ1n) is 9.21. The van der Waals surface area contributed by atoms with Crippen molar-refractivity contribution in [3.05, 3.63) is 29.6 Å². The average Bonchev–Trinajstić information content (AvgIpc) is 2.62. The Morgan fingerprint density at radius 1 is 1.17 bits per heavy atom. The number of hydrogen-bond acceptors (Lipinski definition) is 3. The third-order valence-corrected chi connectivity index (χ3v) is 4.45. The van der Waals surface area contributed by atoms with Crippen molar-refractivity contribution >= 4 is 11.8 Å². The second-order valence-electron chi connectivity index (χ2n) is 6.53. The minimum atomic E-state index is -0.172. The summed E-state index contributed by atoms with van der Waals surface area (Å²) in [7, 11) is 0. The van der Waals surface area contributed by atoms with Gasteiger partial charge < -0.3 is 10.2 Å². The highest BCUT2D eigenvalue weighted by Crippen LogP contribution is 2.18. The summed E-state index contributed by atoms with van der Waals surface area (Å²) in [5.41, 5.74) is 0.875. The van der Waals surface area contributed by atoms with Crippen LogP contribution in [-0.2, 0) is 0 Å².